The number of nitro groups is 1. The fourth-order valence-electron chi connectivity index (χ4n) is 2.63. The summed E-state index contributed by atoms with van der Waals surface area (Å²) >= 11 is 5.75. The zero-order valence-electron chi connectivity index (χ0n) is 16.6. The summed E-state index contributed by atoms with van der Waals surface area (Å²) in [6, 6.07) is 18.8. The van der Waals surface area contributed by atoms with E-state index in [9.17, 15) is 28.6 Å². The van der Waals surface area contributed by atoms with Crippen molar-refractivity contribution in [3.63, 3.8) is 0 Å². The molecule has 0 unspecified atom stereocenters. The van der Waals surface area contributed by atoms with Crippen molar-refractivity contribution < 1.29 is 22.3 Å². The maximum atomic E-state index is 12.4. The molecule has 166 valence electrons. The minimum Gasteiger partial charge on any atom is -0.379 e. The number of nitrogens with one attached hydrogen (secondary N) is 1. The van der Waals surface area contributed by atoms with Crippen LogP contribution in [-0.4, -0.2) is 19.2 Å². The van der Waals surface area contributed by atoms with Gasteiger partial charge in [0.2, 0.25) is 0 Å². The molecule has 3 aromatic carbocycles. The van der Waals surface area contributed by atoms with Crippen LogP contribution < -0.4 is 9.50 Å². The molecule has 0 fully saturated rings. The van der Waals surface area contributed by atoms with Gasteiger partial charge in [0.1, 0.15) is 27.3 Å². The monoisotopic (exact) mass is 483 g/mol. The molecule has 0 saturated carbocycles. The molecule has 33 heavy (non-hydrogen) atoms. The molecule has 0 bridgehead atoms. The largest absolute Gasteiger partial charge is 0.379 e. The van der Waals surface area contributed by atoms with Crippen LogP contribution in [0.25, 0.3) is 6.08 Å². The van der Waals surface area contributed by atoms with Gasteiger partial charge in [-0.05, 0) is 48.0 Å². The summed E-state index contributed by atoms with van der Waals surface area (Å²) < 4.78 is 29.6. The maximum Gasteiger partial charge on any atom is 0.339 e. The van der Waals surface area contributed by atoms with E-state index >= 15 is 0 Å². The summed E-state index contributed by atoms with van der Waals surface area (Å²) in [6.45, 7) is 0. The van der Waals surface area contributed by atoms with E-state index in [2.05, 4.69) is 5.32 Å². The first-order valence-corrected chi connectivity index (χ1v) is 10.9. The zero-order valence-corrected chi connectivity index (χ0v) is 18.2. The fraction of sp³-hybridized carbons (Fsp3) is 0. The Kier molecular flexibility index (Phi) is 7.07. The predicted molar refractivity (Wildman–Crippen MR) is 121 cm³/mol. The van der Waals surface area contributed by atoms with Gasteiger partial charge >= 0.3 is 10.1 Å². The van der Waals surface area contributed by atoms with Crippen LogP contribution in [0.2, 0.25) is 5.02 Å². The van der Waals surface area contributed by atoms with Crippen molar-refractivity contribution in [3.05, 3.63) is 99.1 Å². The number of nitrogens with zero attached hydrogens (tertiary/aromatic N) is 2. The van der Waals surface area contributed by atoms with Crippen molar-refractivity contribution in [1.29, 1.82) is 5.26 Å². The standard InChI is InChI=1S/C22H14ClN3O6S/c23-20-11-8-17(13-21(20)26(28)29)25-22(27)16(14-24)12-15-6-9-18(10-7-15)32-33(30,31)19-4-2-1-3-5-19/h1-13H,(H,25,27)/b16-12+. The third-order valence-electron chi connectivity index (χ3n) is 4.19. The highest BCUT2D eigenvalue weighted by atomic mass is 35.5. The summed E-state index contributed by atoms with van der Waals surface area (Å²) in [5.74, 6) is -0.742. The molecule has 0 radical (unpaired) electrons. The van der Waals surface area contributed by atoms with Gasteiger partial charge in [-0.25, -0.2) is 0 Å². The molecular formula is C22H14ClN3O6S. The first-order valence-electron chi connectivity index (χ1n) is 9.16. The molecule has 0 aliphatic heterocycles. The number of anilines is 1. The van der Waals surface area contributed by atoms with Gasteiger partial charge < -0.3 is 9.50 Å². The summed E-state index contributed by atoms with van der Waals surface area (Å²) in [4.78, 5) is 22.7. The van der Waals surface area contributed by atoms with Crippen molar-refractivity contribution in [1.82, 2.24) is 0 Å². The minimum atomic E-state index is -4.00. The van der Waals surface area contributed by atoms with Crippen LogP contribution in [0.15, 0.2) is 83.3 Å². The van der Waals surface area contributed by atoms with Crippen molar-refractivity contribution in [3.8, 4) is 11.8 Å². The maximum absolute atomic E-state index is 12.4. The van der Waals surface area contributed by atoms with E-state index in [-0.39, 0.29) is 26.9 Å². The third kappa shape index (κ3) is 5.94. The molecule has 0 saturated heterocycles. The summed E-state index contributed by atoms with van der Waals surface area (Å²) in [5.41, 5.74) is -0.156. The minimum absolute atomic E-state index is 0.000142. The molecule has 3 rings (SSSR count). The van der Waals surface area contributed by atoms with Gasteiger partial charge in [-0.2, -0.15) is 13.7 Å². The molecule has 11 heteroatoms. The number of carbonyl (C=O) groups excluding carboxylic acids is 1. The van der Waals surface area contributed by atoms with E-state index in [4.69, 9.17) is 15.8 Å². The average molecular weight is 484 g/mol. The summed E-state index contributed by atoms with van der Waals surface area (Å²) in [5, 5.41) is 22.6. The van der Waals surface area contributed by atoms with Crippen LogP contribution in [-0.2, 0) is 14.9 Å². The first kappa shape index (κ1) is 23.5. The second-order valence-corrected chi connectivity index (χ2v) is 8.42. The Morgan fingerprint density at radius 3 is 2.36 bits per heavy atom. The fourth-order valence-corrected chi connectivity index (χ4v) is 3.76. The van der Waals surface area contributed by atoms with Gasteiger partial charge in [0.05, 0.1) is 4.92 Å². The highest BCUT2D eigenvalue weighted by molar-refractivity contribution is 7.87. The van der Waals surface area contributed by atoms with Gasteiger partial charge in [0.15, 0.2) is 0 Å². The number of rotatable bonds is 7. The second-order valence-electron chi connectivity index (χ2n) is 6.47. The summed E-state index contributed by atoms with van der Waals surface area (Å²) in [6.07, 6.45) is 1.27. The van der Waals surface area contributed by atoms with E-state index in [1.54, 1.807) is 24.3 Å². The molecule has 1 N–H and O–H groups in total. The predicted octanol–water partition coefficient (Wildman–Crippen LogP) is 4.56. The van der Waals surface area contributed by atoms with Crippen LogP contribution in [0.3, 0.4) is 0 Å². The SMILES string of the molecule is N#C/C(=C\c1ccc(OS(=O)(=O)c2ccccc2)cc1)C(=O)Nc1ccc(Cl)c([N+](=O)[O-])c1. The van der Waals surface area contributed by atoms with Gasteiger partial charge in [0, 0.05) is 11.8 Å². The van der Waals surface area contributed by atoms with Gasteiger partial charge in [-0.3, -0.25) is 14.9 Å². The van der Waals surface area contributed by atoms with Crippen molar-refractivity contribution in [2.75, 3.05) is 5.32 Å². The Balaban J connectivity index is 1.75. The molecule has 0 aromatic heterocycles. The van der Waals surface area contributed by atoms with E-state index in [0.29, 0.717) is 5.56 Å². The molecule has 1 amide bonds. The highest BCUT2D eigenvalue weighted by Crippen LogP contribution is 2.27. The van der Waals surface area contributed by atoms with Crippen LogP contribution in [0, 0.1) is 21.4 Å². The van der Waals surface area contributed by atoms with E-state index < -0.39 is 26.6 Å². The molecule has 0 aliphatic carbocycles. The van der Waals surface area contributed by atoms with Gasteiger partial charge in [-0.1, -0.05) is 41.9 Å². The number of halogens is 1. The van der Waals surface area contributed by atoms with E-state index in [1.807, 2.05) is 0 Å². The number of carbonyl (C=O) groups is 1. The molecule has 0 heterocycles. The molecule has 0 atom stereocenters. The van der Waals surface area contributed by atoms with Crippen LogP contribution in [0.1, 0.15) is 5.56 Å². The lowest BCUT2D eigenvalue weighted by atomic mass is 10.1. The lowest BCUT2D eigenvalue weighted by Gasteiger charge is -2.07. The Hall–Kier alpha value is -4.20. The van der Waals surface area contributed by atoms with Gasteiger partial charge in [0.25, 0.3) is 11.6 Å². The second kappa shape index (κ2) is 9.95. The zero-order chi connectivity index (χ0) is 24.0. The Morgan fingerprint density at radius 2 is 1.76 bits per heavy atom. The van der Waals surface area contributed by atoms with Crippen LogP contribution in [0.4, 0.5) is 11.4 Å². The number of hydrogen-bond donors (Lipinski definition) is 1. The van der Waals surface area contributed by atoms with Crippen LogP contribution in [0.5, 0.6) is 5.75 Å². The molecule has 9 nitrogen and oxygen atoms in total. The number of nitro benzene ring substituents is 1. The molecule has 3 aromatic rings. The van der Waals surface area contributed by atoms with Crippen molar-refractivity contribution >= 4 is 45.1 Å². The number of hydrogen-bond acceptors (Lipinski definition) is 7. The van der Waals surface area contributed by atoms with Crippen molar-refractivity contribution in [2.24, 2.45) is 0 Å². The topological polar surface area (TPSA) is 139 Å². The quantitative estimate of drug-likeness (QED) is 0.171. The highest BCUT2D eigenvalue weighted by Gasteiger charge is 2.17. The Morgan fingerprint density at radius 1 is 1.09 bits per heavy atom. The number of benzene rings is 3. The Labute approximate surface area is 193 Å². The Bertz CT molecular complexity index is 1380. The molecule has 0 spiro atoms. The van der Waals surface area contributed by atoms with E-state index in [1.165, 1.54) is 54.6 Å². The normalized spacial score (nSPS) is 11.3. The van der Waals surface area contributed by atoms with E-state index in [0.717, 1.165) is 6.07 Å². The summed E-state index contributed by atoms with van der Waals surface area (Å²) in [7, 11) is -4.00. The molecular weight excluding hydrogens is 470 g/mol. The number of nitriles is 1. The lowest BCUT2D eigenvalue weighted by Crippen LogP contribution is -2.13. The van der Waals surface area contributed by atoms with Crippen molar-refractivity contribution in [2.45, 2.75) is 4.90 Å². The molecule has 0 aliphatic rings. The smallest absolute Gasteiger partial charge is 0.339 e. The average Bonchev–Trinajstić information content (AvgIpc) is 2.80. The first-order chi connectivity index (χ1) is 15.7. The lowest BCUT2D eigenvalue weighted by molar-refractivity contribution is -0.384. The van der Waals surface area contributed by atoms with Crippen LogP contribution >= 0.6 is 11.6 Å². The number of amides is 1. The van der Waals surface area contributed by atoms with Gasteiger partial charge in [-0.15, -0.1) is 0 Å². The third-order valence-corrected chi connectivity index (χ3v) is 5.78.